The normalized spacial score (nSPS) is 20.4. The van der Waals surface area contributed by atoms with Crippen molar-refractivity contribution >= 4 is 27.5 Å². The summed E-state index contributed by atoms with van der Waals surface area (Å²) in [6, 6.07) is 14.8. The van der Waals surface area contributed by atoms with Gasteiger partial charge in [0.1, 0.15) is 0 Å². The summed E-state index contributed by atoms with van der Waals surface area (Å²) in [6.07, 6.45) is 0.756. The van der Waals surface area contributed by atoms with Crippen LogP contribution in [0, 0.1) is 5.92 Å². The van der Waals surface area contributed by atoms with Crippen LogP contribution >= 0.6 is 0 Å². The SMILES string of the molecule is CN1C(=O)CC[C@H](C(=O)Nc2ccc(S(N)(=O)=O)cc2)[C@@H]1c1ccccc1. The monoisotopic (exact) mass is 387 g/mol. The van der Waals surface area contributed by atoms with Gasteiger partial charge in [-0.25, -0.2) is 13.6 Å². The number of sulfonamides is 1. The average Bonchev–Trinajstić information content (AvgIpc) is 2.64. The van der Waals surface area contributed by atoms with Crippen LogP contribution in [0.2, 0.25) is 0 Å². The summed E-state index contributed by atoms with van der Waals surface area (Å²) >= 11 is 0. The first-order chi connectivity index (χ1) is 12.8. The molecule has 1 aliphatic rings. The van der Waals surface area contributed by atoms with E-state index >= 15 is 0 Å². The number of carbonyl (C=O) groups is 2. The first-order valence-corrected chi connectivity index (χ1v) is 10.1. The zero-order valence-electron chi connectivity index (χ0n) is 14.8. The van der Waals surface area contributed by atoms with E-state index in [1.807, 2.05) is 30.3 Å². The summed E-state index contributed by atoms with van der Waals surface area (Å²) in [7, 11) is -2.07. The number of hydrogen-bond acceptors (Lipinski definition) is 4. The van der Waals surface area contributed by atoms with Gasteiger partial charge in [0, 0.05) is 19.2 Å². The van der Waals surface area contributed by atoms with Gasteiger partial charge in [0.25, 0.3) is 0 Å². The molecule has 0 unspecified atom stereocenters. The number of nitrogens with one attached hydrogen (secondary N) is 1. The Morgan fingerprint density at radius 2 is 1.74 bits per heavy atom. The van der Waals surface area contributed by atoms with E-state index in [0.29, 0.717) is 18.5 Å². The fraction of sp³-hybridized carbons (Fsp3) is 0.263. The van der Waals surface area contributed by atoms with Gasteiger partial charge in [-0.1, -0.05) is 30.3 Å². The first kappa shape index (κ1) is 19.1. The van der Waals surface area contributed by atoms with Gasteiger partial charge in [0.05, 0.1) is 16.9 Å². The molecule has 2 aromatic carbocycles. The molecule has 27 heavy (non-hydrogen) atoms. The number of amides is 2. The van der Waals surface area contributed by atoms with Crippen molar-refractivity contribution in [2.75, 3.05) is 12.4 Å². The molecule has 3 rings (SSSR count). The van der Waals surface area contributed by atoms with Crippen molar-refractivity contribution in [2.45, 2.75) is 23.8 Å². The number of rotatable bonds is 4. The molecule has 1 saturated heterocycles. The van der Waals surface area contributed by atoms with Crippen LogP contribution in [0.25, 0.3) is 0 Å². The fourth-order valence-electron chi connectivity index (χ4n) is 3.38. The van der Waals surface area contributed by atoms with Crippen LogP contribution in [0.3, 0.4) is 0 Å². The minimum atomic E-state index is -3.78. The third-order valence-electron chi connectivity index (χ3n) is 4.79. The van der Waals surface area contributed by atoms with Crippen LogP contribution in [-0.4, -0.2) is 32.2 Å². The lowest BCUT2D eigenvalue weighted by atomic mass is 9.84. The van der Waals surface area contributed by atoms with Crippen molar-refractivity contribution in [1.29, 1.82) is 0 Å². The van der Waals surface area contributed by atoms with Crippen LogP contribution in [0.1, 0.15) is 24.4 Å². The summed E-state index contributed by atoms with van der Waals surface area (Å²) in [5.41, 5.74) is 1.37. The maximum absolute atomic E-state index is 12.9. The maximum Gasteiger partial charge on any atom is 0.238 e. The Balaban J connectivity index is 1.82. The van der Waals surface area contributed by atoms with E-state index in [-0.39, 0.29) is 22.8 Å². The maximum atomic E-state index is 12.9. The summed E-state index contributed by atoms with van der Waals surface area (Å²) in [6.45, 7) is 0. The molecular formula is C19H21N3O4S. The number of hydrogen-bond donors (Lipinski definition) is 2. The van der Waals surface area contributed by atoms with Crippen molar-refractivity contribution in [3.8, 4) is 0 Å². The molecule has 1 aliphatic heterocycles. The summed E-state index contributed by atoms with van der Waals surface area (Å²) in [5.74, 6) is -0.620. The van der Waals surface area contributed by atoms with Gasteiger partial charge in [0.15, 0.2) is 0 Å². The minimum Gasteiger partial charge on any atom is -0.338 e. The average molecular weight is 387 g/mol. The zero-order chi connectivity index (χ0) is 19.6. The molecule has 142 valence electrons. The van der Waals surface area contributed by atoms with E-state index < -0.39 is 15.9 Å². The molecule has 1 fully saturated rings. The zero-order valence-corrected chi connectivity index (χ0v) is 15.6. The molecule has 2 aromatic rings. The highest BCUT2D eigenvalue weighted by atomic mass is 32.2. The molecule has 7 nitrogen and oxygen atoms in total. The summed E-state index contributed by atoms with van der Waals surface area (Å²) in [5, 5.41) is 7.90. The Hall–Kier alpha value is -2.71. The Kier molecular flexibility index (Phi) is 5.29. The Labute approximate surface area is 158 Å². The third kappa shape index (κ3) is 4.17. The minimum absolute atomic E-state index is 0.00501. The Bertz CT molecular complexity index is 943. The van der Waals surface area contributed by atoms with Crippen molar-refractivity contribution in [3.05, 3.63) is 60.2 Å². The predicted molar refractivity (Wildman–Crippen MR) is 101 cm³/mol. The second kappa shape index (κ2) is 7.50. The molecule has 8 heteroatoms. The number of piperidine rings is 1. The van der Waals surface area contributed by atoms with E-state index in [0.717, 1.165) is 5.56 Å². The molecular weight excluding hydrogens is 366 g/mol. The number of benzene rings is 2. The molecule has 0 spiro atoms. The van der Waals surface area contributed by atoms with E-state index in [4.69, 9.17) is 5.14 Å². The van der Waals surface area contributed by atoms with E-state index in [1.165, 1.54) is 24.3 Å². The van der Waals surface area contributed by atoms with Crippen LogP contribution in [-0.2, 0) is 19.6 Å². The second-order valence-electron chi connectivity index (χ2n) is 6.56. The highest BCUT2D eigenvalue weighted by Crippen LogP contribution is 2.36. The quantitative estimate of drug-likeness (QED) is 0.835. The predicted octanol–water partition coefficient (Wildman–Crippen LogP) is 1.88. The van der Waals surface area contributed by atoms with Crippen molar-refractivity contribution < 1.29 is 18.0 Å². The van der Waals surface area contributed by atoms with Crippen LogP contribution in [0.5, 0.6) is 0 Å². The molecule has 0 radical (unpaired) electrons. The van der Waals surface area contributed by atoms with Gasteiger partial charge < -0.3 is 10.2 Å². The van der Waals surface area contributed by atoms with E-state index in [1.54, 1.807) is 11.9 Å². The molecule has 2 amide bonds. The highest BCUT2D eigenvalue weighted by molar-refractivity contribution is 7.89. The van der Waals surface area contributed by atoms with Gasteiger partial charge in [0.2, 0.25) is 21.8 Å². The van der Waals surface area contributed by atoms with Gasteiger partial charge in [-0.2, -0.15) is 0 Å². The number of carbonyl (C=O) groups excluding carboxylic acids is 2. The molecule has 0 saturated carbocycles. The van der Waals surface area contributed by atoms with Gasteiger partial charge >= 0.3 is 0 Å². The number of likely N-dealkylation sites (tertiary alicyclic amines) is 1. The Morgan fingerprint density at radius 3 is 2.33 bits per heavy atom. The van der Waals surface area contributed by atoms with Crippen LogP contribution in [0.15, 0.2) is 59.5 Å². The molecule has 3 N–H and O–H groups in total. The number of nitrogens with two attached hydrogens (primary N) is 1. The smallest absolute Gasteiger partial charge is 0.238 e. The van der Waals surface area contributed by atoms with Crippen LogP contribution in [0.4, 0.5) is 5.69 Å². The van der Waals surface area contributed by atoms with E-state index in [2.05, 4.69) is 5.32 Å². The van der Waals surface area contributed by atoms with Crippen molar-refractivity contribution in [2.24, 2.45) is 11.1 Å². The molecule has 0 aliphatic carbocycles. The Morgan fingerprint density at radius 1 is 1.11 bits per heavy atom. The largest absolute Gasteiger partial charge is 0.338 e. The van der Waals surface area contributed by atoms with Gasteiger partial charge in [-0.3, -0.25) is 9.59 Å². The summed E-state index contributed by atoms with van der Waals surface area (Å²) in [4.78, 5) is 26.7. The summed E-state index contributed by atoms with van der Waals surface area (Å²) < 4.78 is 22.7. The fourth-order valence-corrected chi connectivity index (χ4v) is 3.90. The van der Waals surface area contributed by atoms with Gasteiger partial charge in [-0.05, 0) is 36.2 Å². The molecule has 1 heterocycles. The lowest BCUT2D eigenvalue weighted by Crippen LogP contribution is -2.44. The molecule has 0 bridgehead atoms. The molecule has 0 aromatic heterocycles. The number of nitrogens with zero attached hydrogens (tertiary/aromatic N) is 1. The van der Waals surface area contributed by atoms with Crippen molar-refractivity contribution in [1.82, 2.24) is 4.90 Å². The number of primary sulfonamides is 1. The number of anilines is 1. The third-order valence-corrected chi connectivity index (χ3v) is 5.72. The molecule has 2 atom stereocenters. The topological polar surface area (TPSA) is 110 Å². The highest BCUT2D eigenvalue weighted by Gasteiger charge is 2.38. The second-order valence-corrected chi connectivity index (χ2v) is 8.13. The lowest BCUT2D eigenvalue weighted by molar-refractivity contribution is -0.140. The standard InChI is InChI=1S/C19H21N3O4S/c1-22-17(23)12-11-16(18(22)13-5-3-2-4-6-13)19(24)21-14-7-9-15(10-8-14)27(20,25)26/h2-10,16,18H,11-12H2,1H3,(H,21,24)(H2,20,25,26)/t16-,18-/m0/s1. The van der Waals surface area contributed by atoms with Gasteiger partial charge in [-0.15, -0.1) is 0 Å². The van der Waals surface area contributed by atoms with E-state index in [9.17, 15) is 18.0 Å². The first-order valence-electron chi connectivity index (χ1n) is 8.51. The van der Waals surface area contributed by atoms with Crippen LogP contribution < -0.4 is 10.5 Å². The van der Waals surface area contributed by atoms with Crippen molar-refractivity contribution in [3.63, 3.8) is 0 Å². The lowest BCUT2D eigenvalue weighted by Gasteiger charge is -2.38.